The van der Waals surface area contributed by atoms with Crippen molar-refractivity contribution in [2.24, 2.45) is 0 Å². The maximum absolute atomic E-state index is 14.7. The summed E-state index contributed by atoms with van der Waals surface area (Å²) >= 11 is 0. The molecule has 0 amide bonds. The van der Waals surface area contributed by atoms with E-state index in [1.807, 2.05) is 24.3 Å². The van der Waals surface area contributed by atoms with Crippen LogP contribution in [0.1, 0.15) is 5.56 Å². The van der Waals surface area contributed by atoms with E-state index in [1.54, 1.807) is 0 Å². The van der Waals surface area contributed by atoms with Gasteiger partial charge in [-0.25, -0.2) is 9.37 Å². The molecule has 4 aromatic rings. The lowest BCUT2D eigenvalue weighted by molar-refractivity contribution is 0.469. The topological polar surface area (TPSA) is 127 Å². The summed E-state index contributed by atoms with van der Waals surface area (Å²) in [5.41, 5.74) is 9.28. The number of nitrogen functional groups attached to an aromatic ring is 1. The molecule has 0 atom stereocenters. The molecule has 0 saturated carbocycles. The molecule has 0 unspecified atom stereocenters. The van der Waals surface area contributed by atoms with Crippen LogP contribution in [0.4, 0.5) is 15.9 Å². The summed E-state index contributed by atoms with van der Waals surface area (Å²) in [6.07, 6.45) is 0. The predicted octanol–water partition coefficient (Wildman–Crippen LogP) is 3.00. The van der Waals surface area contributed by atoms with E-state index in [9.17, 15) is 14.8 Å². The number of pyridine rings is 1. The molecule has 32 heavy (non-hydrogen) atoms. The smallest absolute Gasteiger partial charge is 0.158 e. The standard InChI is InChI=1S/C23H20FN7O/c24-18-11-15(32)5-6-16(18)21-17(12-25)19(20-22(26)29-30-23(20)28-21)13-1-3-14(4-2-13)31-9-7-27-8-10-31/h1-6,11,27,32H,7-10H2,(H3,26,28,29,30). The number of aromatic nitrogens is 3. The van der Waals surface area contributed by atoms with Crippen LogP contribution in [0.2, 0.25) is 0 Å². The lowest BCUT2D eigenvalue weighted by atomic mass is 9.93. The molecule has 1 aliphatic rings. The van der Waals surface area contributed by atoms with Crippen LogP contribution in [0.25, 0.3) is 33.4 Å². The molecule has 0 bridgehead atoms. The number of nitrogens with zero attached hydrogens (tertiary/aromatic N) is 4. The van der Waals surface area contributed by atoms with Crippen molar-refractivity contribution in [2.75, 3.05) is 36.8 Å². The van der Waals surface area contributed by atoms with Gasteiger partial charge in [0, 0.05) is 49.1 Å². The highest BCUT2D eigenvalue weighted by Gasteiger charge is 2.23. The van der Waals surface area contributed by atoms with Gasteiger partial charge in [0.1, 0.15) is 17.6 Å². The maximum atomic E-state index is 14.7. The summed E-state index contributed by atoms with van der Waals surface area (Å²) in [5, 5.41) is 30.3. The molecule has 1 aliphatic heterocycles. The number of nitrogens with one attached hydrogen (secondary N) is 2. The first-order chi connectivity index (χ1) is 15.6. The Morgan fingerprint density at radius 1 is 1.12 bits per heavy atom. The van der Waals surface area contributed by atoms with Gasteiger partial charge in [0.2, 0.25) is 0 Å². The molecule has 0 spiro atoms. The molecule has 1 saturated heterocycles. The summed E-state index contributed by atoms with van der Waals surface area (Å²) in [7, 11) is 0. The minimum Gasteiger partial charge on any atom is -0.508 e. The van der Waals surface area contributed by atoms with Gasteiger partial charge >= 0.3 is 0 Å². The van der Waals surface area contributed by atoms with Crippen molar-refractivity contribution in [3.05, 3.63) is 53.8 Å². The van der Waals surface area contributed by atoms with Gasteiger partial charge < -0.3 is 21.1 Å². The number of fused-ring (bicyclic) bond motifs is 1. The largest absolute Gasteiger partial charge is 0.508 e. The number of aromatic hydroxyl groups is 1. The van der Waals surface area contributed by atoms with Gasteiger partial charge in [0.15, 0.2) is 11.5 Å². The Hall–Kier alpha value is -4.16. The number of phenolic OH excluding ortho intramolecular Hbond substituents is 1. The Morgan fingerprint density at radius 3 is 2.56 bits per heavy atom. The first kappa shape index (κ1) is 19.8. The Balaban J connectivity index is 1.71. The molecule has 2 aromatic carbocycles. The molecule has 2 aromatic heterocycles. The summed E-state index contributed by atoms with van der Waals surface area (Å²) < 4.78 is 14.7. The van der Waals surface area contributed by atoms with E-state index in [-0.39, 0.29) is 28.4 Å². The molecule has 5 rings (SSSR count). The fraction of sp³-hybridized carbons (Fsp3) is 0.174. The van der Waals surface area contributed by atoms with Crippen LogP contribution in [0.5, 0.6) is 5.75 Å². The predicted molar refractivity (Wildman–Crippen MR) is 121 cm³/mol. The van der Waals surface area contributed by atoms with Crippen molar-refractivity contribution in [1.29, 1.82) is 5.26 Å². The van der Waals surface area contributed by atoms with E-state index in [0.717, 1.165) is 43.5 Å². The molecule has 5 N–H and O–H groups in total. The lowest BCUT2D eigenvalue weighted by Gasteiger charge is -2.29. The lowest BCUT2D eigenvalue weighted by Crippen LogP contribution is -2.43. The number of hydrogen-bond donors (Lipinski definition) is 4. The maximum Gasteiger partial charge on any atom is 0.158 e. The van der Waals surface area contributed by atoms with E-state index in [2.05, 4.69) is 31.5 Å². The van der Waals surface area contributed by atoms with Gasteiger partial charge in [0.25, 0.3) is 0 Å². The number of nitriles is 1. The number of nitrogens with two attached hydrogens (primary N) is 1. The first-order valence-electron chi connectivity index (χ1n) is 10.2. The molecular formula is C23H20FN7O. The minimum absolute atomic E-state index is 0.105. The molecule has 3 heterocycles. The number of hydrogen-bond acceptors (Lipinski definition) is 7. The van der Waals surface area contributed by atoms with E-state index >= 15 is 0 Å². The minimum atomic E-state index is -0.680. The number of rotatable bonds is 3. The number of anilines is 2. The summed E-state index contributed by atoms with van der Waals surface area (Å²) in [4.78, 5) is 6.74. The second-order valence-electron chi connectivity index (χ2n) is 7.60. The van der Waals surface area contributed by atoms with Crippen molar-refractivity contribution >= 4 is 22.5 Å². The van der Waals surface area contributed by atoms with Crippen LogP contribution in [0.15, 0.2) is 42.5 Å². The van der Waals surface area contributed by atoms with Crippen molar-refractivity contribution in [1.82, 2.24) is 20.5 Å². The Morgan fingerprint density at radius 2 is 1.88 bits per heavy atom. The van der Waals surface area contributed by atoms with Gasteiger partial charge in [-0.2, -0.15) is 10.4 Å². The highest BCUT2D eigenvalue weighted by atomic mass is 19.1. The second kappa shape index (κ2) is 7.83. The number of H-pyrrole nitrogens is 1. The molecule has 8 nitrogen and oxygen atoms in total. The second-order valence-corrected chi connectivity index (χ2v) is 7.60. The molecule has 0 radical (unpaired) electrons. The summed E-state index contributed by atoms with van der Waals surface area (Å²) in [6, 6.07) is 13.8. The average Bonchev–Trinajstić information content (AvgIpc) is 3.19. The number of aromatic amines is 1. The van der Waals surface area contributed by atoms with Crippen LogP contribution >= 0.6 is 0 Å². The zero-order valence-corrected chi connectivity index (χ0v) is 17.1. The zero-order chi connectivity index (χ0) is 22.2. The van der Waals surface area contributed by atoms with Gasteiger partial charge in [-0.3, -0.25) is 5.10 Å². The van der Waals surface area contributed by atoms with Crippen LogP contribution in [0, 0.1) is 17.1 Å². The van der Waals surface area contributed by atoms with Gasteiger partial charge in [0.05, 0.1) is 16.6 Å². The Bertz CT molecular complexity index is 1350. The van der Waals surface area contributed by atoms with E-state index in [0.29, 0.717) is 16.6 Å². The highest BCUT2D eigenvalue weighted by Crippen LogP contribution is 2.39. The highest BCUT2D eigenvalue weighted by molar-refractivity contribution is 6.04. The third-order valence-corrected chi connectivity index (χ3v) is 5.69. The van der Waals surface area contributed by atoms with Crippen molar-refractivity contribution in [2.45, 2.75) is 0 Å². The third kappa shape index (κ3) is 3.27. The normalized spacial score (nSPS) is 13.9. The van der Waals surface area contributed by atoms with E-state index in [4.69, 9.17) is 5.73 Å². The number of phenols is 1. The molecule has 160 valence electrons. The number of benzene rings is 2. The number of halogens is 1. The third-order valence-electron chi connectivity index (χ3n) is 5.69. The van der Waals surface area contributed by atoms with Crippen LogP contribution < -0.4 is 16.0 Å². The zero-order valence-electron chi connectivity index (χ0n) is 17.1. The van der Waals surface area contributed by atoms with Crippen LogP contribution in [0.3, 0.4) is 0 Å². The molecule has 0 aliphatic carbocycles. The summed E-state index contributed by atoms with van der Waals surface area (Å²) in [5.74, 6) is -0.677. The van der Waals surface area contributed by atoms with Gasteiger partial charge in [-0.1, -0.05) is 12.1 Å². The Kier molecular flexibility index (Phi) is 4.84. The SMILES string of the molecule is N#Cc1c(-c2ccc(O)cc2F)nc2[nH]nc(N)c2c1-c1ccc(N2CCNCC2)cc1. The first-order valence-corrected chi connectivity index (χ1v) is 10.2. The summed E-state index contributed by atoms with van der Waals surface area (Å²) in [6.45, 7) is 3.69. The van der Waals surface area contributed by atoms with Gasteiger partial charge in [-0.15, -0.1) is 0 Å². The molecule has 9 heteroatoms. The van der Waals surface area contributed by atoms with Crippen LogP contribution in [-0.4, -0.2) is 46.5 Å². The Labute approximate surface area is 183 Å². The average molecular weight is 429 g/mol. The van der Waals surface area contributed by atoms with Gasteiger partial charge in [-0.05, 0) is 29.8 Å². The van der Waals surface area contributed by atoms with E-state index in [1.165, 1.54) is 12.1 Å². The van der Waals surface area contributed by atoms with Crippen molar-refractivity contribution in [3.63, 3.8) is 0 Å². The fourth-order valence-electron chi connectivity index (χ4n) is 4.14. The van der Waals surface area contributed by atoms with Crippen LogP contribution in [-0.2, 0) is 0 Å². The van der Waals surface area contributed by atoms with Crippen molar-refractivity contribution in [3.8, 4) is 34.2 Å². The monoisotopic (exact) mass is 429 g/mol. The molecule has 1 fully saturated rings. The number of piperazine rings is 1. The van der Waals surface area contributed by atoms with Crippen molar-refractivity contribution < 1.29 is 9.50 Å². The quantitative estimate of drug-likeness (QED) is 0.394. The molecular weight excluding hydrogens is 409 g/mol. The van der Waals surface area contributed by atoms with E-state index < -0.39 is 5.82 Å². The fourth-order valence-corrected chi connectivity index (χ4v) is 4.14.